The highest BCUT2D eigenvalue weighted by atomic mass is 16.5. The van der Waals surface area contributed by atoms with Crippen molar-refractivity contribution in [2.75, 3.05) is 6.61 Å². The van der Waals surface area contributed by atoms with Crippen LogP contribution in [0.3, 0.4) is 0 Å². The maximum atomic E-state index is 11.9. The van der Waals surface area contributed by atoms with Gasteiger partial charge in [0.2, 0.25) is 0 Å². The molecule has 0 saturated heterocycles. The van der Waals surface area contributed by atoms with E-state index in [4.69, 9.17) is 4.74 Å². The van der Waals surface area contributed by atoms with Crippen molar-refractivity contribution in [2.24, 2.45) is 0 Å². The van der Waals surface area contributed by atoms with Crippen LogP contribution in [0.1, 0.15) is 36.6 Å². The molecular weight excluding hydrogens is 314 g/mol. The third kappa shape index (κ3) is 6.26. The molecule has 2 aromatic carbocycles. The molecule has 0 bridgehead atoms. The molecule has 1 amide bonds. The van der Waals surface area contributed by atoms with Crippen molar-refractivity contribution in [3.63, 3.8) is 0 Å². The summed E-state index contributed by atoms with van der Waals surface area (Å²) < 4.78 is 4.96. The van der Waals surface area contributed by atoms with Gasteiger partial charge in [-0.3, -0.25) is 4.79 Å². The first-order chi connectivity index (χ1) is 12.1. The molecule has 1 atom stereocenters. The van der Waals surface area contributed by atoms with E-state index in [1.807, 2.05) is 61.5 Å². The van der Waals surface area contributed by atoms with Gasteiger partial charge in [0.05, 0.1) is 6.04 Å². The number of carbonyl (C=O) groups excluding carboxylic acids is 2. The molecule has 1 N–H and O–H groups in total. The normalized spacial score (nSPS) is 11.9. The fraction of sp³-hybridized carbons (Fsp3) is 0.238. The molecule has 0 unspecified atom stereocenters. The molecule has 4 nitrogen and oxygen atoms in total. The highest BCUT2D eigenvalue weighted by Gasteiger charge is 2.11. The summed E-state index contributed by atoms with van der Waals surface area (Å²) in [4.78, 5) is 23.6. The largest absolute Gasteiger partial charge is 0.452 e. The molecule has 0 radical (unpaired) electrons. The standard InChI is InChI=1S/C21H23NO3/c1-3-17-9-12-19(13-10-17)16(2)22-20(23)15-25-21(24)14-11-18-7-5-4-6-8-18/h4-14,16H,3,15H2,1-2H3,(H,22,23)/b14-11+/t16-/m1/s1. The average molecular weight is 337 g/mol. The van der Waals surface area contributed by atoms with Crippen LogP contribution in [-0.2, 0) is 20.7 Å². The number of aryl methyl sites for hydroxylation is 1. The van der Waals surface area contributed by atoms with Crippen LogP contribution >= 0.6 is 0 Å². The third-order valence-electron chi connectivity index (χ3n) is 3.82. The van der Waals surface area contributed by atoms with Gasteiger partial charge in [-0.1, -0.05) is 61.5 Å². The van der Waals surface area contributed by atoms with Crippen LogP contribution < -0.4 is 5.32 Å². The van der Waals surface area contributed by atoms with Gasteiger partial charge < -0.3 is 10.1 Å². The second kappa shape index (κ2) is 9.42. The number of esters is 1. The topological polar surface area (TPSA) is 55.4 Å². The molecule has 0 fully saturated rings. The zero-order chi connectivity index (χ0) is 18.1. The van der Waals surface area contributed by atoms with Crippen molar-refractivity contribution in [3.05, 3.63) is 77.4 Å². The number of rotatable bonds is 7. The van der Waals surface area contributed by atoms with Gasteiger partial charge in [-0.2, -0.15) is 0 Å². The van der Waals surface area contributed by atoms with Gasteiger partial charge in [-0.15, -0.1) is 0 Å². The summed E-state index contributed by atoms with van der Waals surface area (Å²) in [5.41, 5.74) is 3.16. The minimum absolute atomic E-state index is 0.142. The maximum absolute atomic E-state index is 11.9. The van der Waals surface area contributed by atoms with Crippen molar-refractivity contribution in [2.45, 2.75) is 26.3 Å². The second-order valence-electron chi connectivity index (χ2n) is 5.74. The van der Waals surface area contributed by atoms with Crippen molar-refractivity contribution in [1.29, 1.82) is 0 Å². The van der Waals surface area contributed by atoms with E-state index >= 15 is 0 Å². The molecule has 0 aromatic heterocycles. The predicted octanol–water partition coefficient (Wildman–Crippen LogP) is 3.68. The number of benzene rings is 2. The summed E-state index contributed by atoms with van der Waals surface area (Å²) in [5, 5.41) is 2.82. The van der Waals surface area contributed by atoms with E-state index in [9.17, 15) is 9.59 Å². The van der Waals surface area contributed by atoms with E-state index in [0.29, 0.717) is 0 Å². The minimum Gasteiger partial charge on any atom is -0.452 e. The molecule has 0 aliphatic heterocycles. The highest BCUT2D eigenvalue weighted by Crippen LogP contribution is 2.13. The lowest BCUT2D eigenvalue weighted by molar-refractivity contribution is -0.144. The first-order valence-electron chi connectivity index (χ1n) is 8.36. The van der Waals surface area contributed by atoms with Crippen LogP contribution in [0, 0.1) is 0 Å². The van der Waals surface area contributed by atoms with Gasteiger partial charge in [0.25, 0.3) is 5.91 Å². The van der Waals surface area contributed by atoms with Crippen molar-refractivity contribution >= 4 is 18.0 Å². The minimum atomic E-state index is -0.543. The Labute approximate surface area is 148 Å². The fourth-order valence-electron chi connectivity index (χ4n) is 2.32. The van der Waals surface area contributed by atoms with Crippen LogP contribution in [0.5, 0.6) is 0 Å². The molecule has 0 heterocycles. The number of ether oxygens (including phenoxy) is 1. The van der Waals surface area contributed by atoms with Gasteiger partial charge >= 0.3 is 5.97 Å². The molecule has 130 valence electrons. The smallest absolute Gasteiger partial charge is 0.331 e. The van der Waals surface area contributed by atoms with Crippen LogP contribution in [0.15, 0.2) is 60.7 Å². The van der Waals surface area contributed by atoms with E-state index in [2.05, 4.69) is 12.2 Å². The zero-order valence-corrected chi connectivity index (χ0v) is 14.6. The summed E-state index contributed by atoms with van der Waals surface area (Å²) in [6.07, 6.45) is 3.95. The Bertz CT molecular complexity index is 721. The first kappa shape index (κ1) is 18.5. The van der Waals surface area contributed by atoms with Gasteiger partial charge in [0, 0.05) is 6.08 Å². The third-order valence-corrected chi connectivity index (χ3v) is 3.82. The molecule has 2 rings (SSSR count). The van der Waals surface area contributed by atoms with E-state index in [0.717, 1.165) is 17.5 Å². The van der Waals surface area contributed by atoms with Crippen LogP contribution in [-0.4, -0.2) is 18.5 Å². The Morgan fingerprint density at radius 3 is 2.40 bits per heavy atom. The van der Waals surface area contributed by atoms with Crippen molar-refractivity contribution in [3.8, 4) is 0 Å². The van der Waals surface area contributed by atoms with Crippen molar-refractivity contribution < 1.29 is 14.3 Å². The summed E-state index contributed by atoms with van der Waals surface area (Å²) in [6, 6.07) is 17.4. The summed E-state index contributed by atoms with van der Waals surface area (Å²) in [7, 11) is 0. The molecule has 0 saturated carbocycles. The summed E-state index contributed by atoms with van der Waals surface area (Å²) in [5.74, 6) is -0.868. The van der Waals surface area contributed by atoms with Gasteiger partial charge in [0.1, 0.15) is 0 Å². The molecule has 4 heteroatoms. The lowest BCUT2D eigenvalue weighted by Gasteiger charge is -2.14. The molecular formula is C21H23NO3. The Balaban J connectivity index is 1.77. The van der Waals surface area contributed by atoms with E-state index in [1.165, 1.54) is 11.6 Å². The summed E-state index contributed by atoms with van der Waals surface area (Å²) in [6.45, 7) is 3.70. The van der Waals surface area contributed by atoms with Crippen LogP contribution in [0.4, 0.5) is 0 Å². The molecule has 0 spiro atoms. The second-order valence-corrected chi connectivity index (χ2v) is 5.74. The highest BCUT2D eigenvalue weighted by molar-refractivity contribution is 5.89. The first-order valence-corrected chi connectivity index (χ1v) is 8.36. The SMILES string of the molecule is CCc1ccc([C@@H](C)NC(=O)COC(=O)/C=C/c2ccccc2)cc1. The zero-order valence-electron chi connectivity index (χ0n) is 14.6. The Hall–Kier alpha value is -2.88. The monoisotopic (exact) mass is 337 g/mol. The molecule has 0 aliphatic rings. The molecule has 0 aliphatic carbocycles. The average Bonchev–Trinajstić information content (AvgIpc) is 2.65. The summed E-state index contributed by atoms with van der Waals surface area (Å²) >= 11 is 0. The number of hydrogen-bond acceptors (Lipinski definition) is 3. The Morgan fingerprint density at radius 2 is 1.76 bits per heavy atom. The van der Waals surface area contributed by atoms with E-state index in [1.54, 1.807) is 6.08 Å². The van der Waals surface area contributed by atoms with Gasteiger partial charge in [-0.25, -0.2) is 4.79 Å². The fourth-order valence-corrected chi connectivity index (χ4v) is 2.32. The maximum Gasteiger partial charge on any atom is 0.331 e. The molecule has 2 aromatic rings. The molecule has 25 heavy (non-hydrogen) atoms. The number of carbonyl (C=O) groups is 2. The van der Waals surface area contributed by atoms with E-state index < -0.39 is 5.97 Å². The Kier molecular flexibility index (Phi) is 6.96. The predicted molar refractivity (Wildman–Crippen MR) is 98.8 cm³/mol. The number of amides is 1. The quantitative estimate of drug-likeness (QED) is 0.619. The number of nitrogens with one attached hydrogen (secondary N) is 1. The van der Waals surface area contributed by atoms with Crippen LogP contribution in [0.2, 0.25) is 0 Å². The lowest BCUT2D eigenvalue weighted by Crippen LogP contribution is -2.30. The lowest BCUT2D eigenvalue weighted by atomic mass is 10.1. The van der Waals surface area contributed by atoms with Gasteiger partial charge in [-0.05, 0) is 36.1 Å². The van der Waals surface area contributed by atoms with Crippen molar-refractivity contribution in [1.82, 2.24) is 5.32 Å². The van der Waals surface area contributed by atoms with Crippen LogP contribution in [0.25, 0.3) is 6.08 Å². The Morgan fingerprint density at radius 1 is 1.08 bits per heavy atom. The van der Waals surface area contributed by atoms with Gasteiger partial charge in [0.15, 0.2) is 6.61 Å². The van der Waals surface area contributed by atoms with E-state index in [-0.39, 0.29) is 18.6 Å². The number of hydrogen-bond donors (Lipinski definition) is 1.